The minimum Gasteiger partial charge on any atom is -0.395 e. The predicted molar refractivity (Wildman–Crippen MR) is 36.0 cm³/mol. The first-order valence-electron chi connectivity index (χ1n) is 3.28. The molecule has 5 nitrogen and oxygen atoms in total. The summed E-state index contributed by atoms with van der Waals surface area (Å²) in [6, 6.07) is -0.637. The summed E-state index contributed by atoms with van der Waals surface area (Å²) >= 11 is 0. The Labute approximate surface area is 59.2 Å². The molecule has 5 heteroatoms. The number of aliphatic hydroxyl groups excluding tert-OH is 2. The highest BCUT2D eigenvalue weighted by Gasteiger charge is 2.27. The first-order chi connectivity index (χ1) is 4.75. The van der Waals surface area contributed by atoms with E-state index in [0.717, 1.165) is 0 Å². The lowest BCUT2D eigenvalue weighted by Crippen LogP contribution is -2.64. The van der Waals surface area contributed by atoms with Crippen molar-refractivity contribution in [2.24, 2.45) is 5.73 Å². The Morgan fingerprint density at radius 2 is 2.30 bits per heavy atom. The molecular weight excluding hydrogens is 134 g/mol. The quantitative estimate of drug-likeness (QED) is 0.275. The van der Waals surface area contributed by atoms with E-state index in [-0.39, 0.29) is 18.7 Å². The molecule has 1 saturated heterocycles. The van der Waals surface area contributed by atoms with E-state index in [0.29, 0.717) is 6.54 Å². The van der Waals surface area contributed by atoms with E-state index in [4.69, 9.17) is 10.8 Å². The summed E-state index contributed by atoms with van der Waals surface area (Å²) in [6.45, 7) is 0.416. The maximum atomic E-state index is 9.25. The molecule has 0 aromatic heterocycles. The summed E-state index contributed by atoms with van der Waals surface area (Å²) in [5.41, 5.74) is 11.0. The van der Waals surface area contributed by atoms with Crippen LogP contribution in [-0.4, -0.2) is 41.6 Å². The molecule has 0 radical (unpaired) electrons. The summed E-state index contributed by atoms with van der Waals surface area (Å²) in [4.78, 5) is 0. The second kappa shape index (κ2) is 3.27. The molecule has 0 unspecified atom stereocenters. The van der Waals surface area contributed by atoms with E-state index in [1.54, 1.807) is 0 Å². The number of hydrogen-bond donors (Lipinski definition) is 5. The van der Waals surface area contributed by atoms with Gasteiger partial charge in [0.15, 0.2) is 0 Å². The van der Waals surface area contributed by atoms with Crippen LogP contribution in [0.2, 0.25) is 0 Å². The fraction of sp³-hybridized carbons (Fsp3) is 1.00. The lowest BCUT2D eigenvalue weighted by molar-refractivity contribution is 0.0393. The second-order valence-corrected chi connectivity index (χ2v) is 2.47. The summed E-state index contributed by atoms with van der Waals surface area (Å²) in [5, 5.41) is 17.9. The normalized spacial score (nSPS) is 41.7. The standard InChI is InChI=1S/C5H13N3O2/c6-3-1-7-8-4(2-9)5(3)10/h3-5,7-10H,1-2,6H2/t3-,4-,5+/m1/s1. The Kier molecular flexibility index (Phi) is 2.58. The Morgan fingerprint density at radius 1 is 1.60 bits per heavy atom. The third-order valence-electron chi connectivity index (χ3n) is 1.67. The monoisotopic (exact) mass is 147 g/mol. The van der Waals surface area contributed by atoms with Crippen LogP contribution in [0.4, 0.5) is 0 Å². The Hall–Kier alpha value is -0.200. The SMILES string of the molecule is N[C@@H]1CNN[C@H](CO)[C@H]1O. The number of nitrogens with two attached hydrogens (primary N) is 1. The van der Waals surface area contributed by atoms with Gasteiger partial charge >= 0.3 is 0 Å². The van der Waals surface area contributed by atoms with Crippen LogP contribution in [0.1, 0.15) is 0 Å². The third kappa shape index (κ3) is 1.44. The molecule has 60 valence electrons. The highest BCUT2D eigenvalue weighted by atomic mass is 16.3. The third-order valence-corrected chi connectivity index (χ3v) is 1.67. The zero-order chi connectivity index (χ0) is 7.56. The van der Waals surface area contributed by atoms with Crippen LogP contribution in [-0.2, 0) is 0 Å². The summed E-state index contributed by atoms with van der Waals surface area (Å²) in [7, 11) is 0. The van der Waals surface area contributed by atoms with E-state index < -0.39 is 6.10 Å². The second-order valence-electron chi connectivity index (χ2n) is 2.47. The maximum absolute atomic E-state index is 9.25. The highest BCUT2D eigenvalue weighted by Crippen LogP contribution is 1.99. The van der Waals surface area contributed by atoms with E-state index in [2.05, 4.69) is 10.9 Å². The summed E-state index contributed by atoms with van der Waals surface area (Å²) < 4.78 is 0. The van der Waals surface area contributed by atoms with Gasteiger partial charge in [0.05, 0.1) is 18.8 Å². The number of nitrogens with one attached hydrogen (secondary N) is 2. The van der Waals surface area contributed by atoms with Crippen molar-refractivity contribution in [1.29, 1.82) is 0 Å². The average molecular weight is 147 g/mol. The van der Waals surface area contributed by atoms with Crippen LogP contribution in [0.3, 0.4) is 0 Å². The zero-order valence-corrected chi connectivity index (χ0v) is 5.62. The first-order valence-corrected chi connectivity index (χ1v) is 3.28. The molecule has 0 saturated carbocycles. The molecule has 1 aliphatic rings. The number of aliphatic hydroxyl groups is 2. The van der Waals surface area contributed by atoms with Crippen LogP contribution >= 0.6 is 0 Å². The predicted octanol–water partition coefficient (Wildman–Crippen LogP) is -2.86. The van der Waals surface area contributed by atoms with Gasteiger partial charge in [-0.1, -0.05) is 0 Å². The smallest absolute Gasteiger partial charge is 0.0892 e. The molecule has 0 aromatic carbocycles. The number of hydrazine groups is 1. The fourth-order valence-electron chi connectivity index (χ4n) is 0.966. The molecule has 0 spiro atoms. The Morgan fingerprint density at radius 3 is 2.80 bits per heavy atom. The van der Waals surface area contributed by atoms with Crippen LogP contribution in [0.15, 0.2) is 0 Å². The number of hydrogen-bond acceptors (Lipinski definition) is 5. The minimum atomic E-state index is -0.661. The molecule has 1 aliphatic heterocycles. The van der Waals surface area contributed by atoms with Crippen molar-refractivity contribution < 1.29 is 10.2 Å². The molecule has 1 rings (SSSR count). The van der Waals surface area contributed by atoms with Crippen molar-refractivity contribution in [2.75, 3.05) is 13.2 Å². The molecule has 6 N–H and O–H groups in total. The van der Waals surface area contributed by atoms with Gasteiger partial charge in [-0.3, -0.25) is 5.43 Å². The van der Waals surface area contributed by atoms with Crippen LogP contribution in [0, 0.1) is 0 Å². The average Bonchev–Trinajstić information content (AvgIpc) is 1.95. The largest absolute Gasteiger partial charge is 0.395 e. The van der Waals surface area contributed by atoms with Crippen LogP contribution in [0.25, 0.3) is 0 Å². The first kappa shape index (κ1) is 7.90. The van der Waals surface area contributed by atoms with Gasteiger partial charge in [-0.25, -0.2) is 5.43 Å². The Bertz CT molecular complexity index is 111. The highest BCUT2D eigenvalue weighted by molar-refractivity contribution is 4.87. The van der Waals surface area contributed by atoms with Gasteiger partial charge in [0, 0.05) is 12.6 Å². The van der Waals surface area contributed by atoms with Crippen LogP contribution in [0.5, 0.6) is 0 Å². The summed E-state index contributed by atoms with van der Waals surface area (Å²) in [6.07, 6.45) is -0.661. The van der Waals surface area contributed by atoms with Gasteiger partial charge in [-0.2, -0.15) is 0 Å². The van der Waals surface area contributed by atoms with Gasteiger partial charge < -0.3 is 15.9 Å². The van der Waals surface area contributed by atoms with Crippen molar-refractivity contribution in [3.63, 3.8) is 0 Å². The molecule has 3 atom stereocenters. The molecule has 10 heavy (non-hydrogen) atoms. The van der Waals surface area contributed by atoms with E-state index in [9.17, 15) is 5.11 Å². The fourth-order valence-corrected chi connectivity index (χ4v) is 0.966. The lowest BCUT2D eigenvalue weighted by Gasteiger charge is -2.32. The number of rotatable bonds is 1. The molecule has 0 amide bonds. The lowest BCUT2D eigenvalue weighted by atomic mass is 10.0. The van der Waals surface area contributed by atoms with Crippen LogP contribution < -0.4 is 16.6 Å². The van der Waals surface area contributed by atoms with Crippen molar-refractivity contribution in [3.8, 4) is 0 Å². The maximum Gasteiger partial charge on any atom is 0.0892 e. The molecule has 1 heterocycles. The molecular formula is C5H13N3O2. The molecule has 1 fully saturated rings. The molecule has 0 aromatic rings. The minimum absolute atomic E-state index is 0.109. The molecule has 0 aliphatic carbocycles. The molecule has 0 bridgehead atoms. The van der Waals surface area contributed by atoms with Gasteiger partial charge in [0.1, 0.15) is 0 Å². The van der Waals surface area contributed by atoms with Gasteiger partial charge in [0.25, 0.3) is 0 Å². The van der Waals surface area contributed by atoms with Gasteiger partial charge in [-0.15, -0.1) is 0 Å². The topological polar surface area (TPSA) is 90.5 Å². The van der Waals surface area contributed by atoms with Gasteiger partial charge in [0.2, 0.25) is 0 Å². The van der Waals surface area contributed by atoms with Crippen molar-refractivity contribution in [1.82, 2.24) is 10.9 Å². The Balaban J connectivity index is 2.42. The zero-order valence-electron chi connectivity index (χ0n) is 5.62. The van der Waals surface area contributed by atoms with Crippen molar-refractivity contribution in [3.05, 3.63) is 0 Å². The van der Waals surface area contributed by atoms with Gasteiger partial charge in [-0.05, 0) is 0 Å². The van der Waals surface area contributed by atoms with Crippen molar-refractivity contribution >= 4 is 0 Å². The summed E-state index contributed by atoms with van der Waals surface area (Å²) in [5.74, 6) is 0. The van der Waals surface area contributed by atoms with E-state index in [1.807, 2.05) is 0 Å². The van der Waals surface area contributed by atoms with E-state index >= 15 is 0 Å². The van der Waals surface area contributed by atoms with Crippen molar-refractivity contribution in [2.45, 2.75) is 18.2 Å². The van der Waals surface area contributed by atoms with E-state index in [1.165, 1.54) is 0 Å².